The molecule has 2 atom stereocenters. The fourth-order valence-corrected chi connectivity index (χ4v) is 2.40. The van der Waals surface area contributed by atoms with Gasteiger partial charge in [-0.2, -0.15) is 0 Å². The van der Waals surface area contributed by atoms with Crippen LogP contribution in [0.15, 0.2) is 18.7 Å². The first-order valence-electron chi connectivity index (χ1n) is 6.56. The van der Waals surface area contributed by atoms with Crippen molar-refractivity contribution >= 4 is 5.91 Å². The molecule has 0 unspecified atom stereocenters. The van der Waals surface area contributed by atoms with Crippen LogP contribution in [0.3, 0.4) is 0 Å². The van der Waals surface area contributed by atoms with Gasteiger partial charge in [-0.3, -0.25) is 9.69 Å². The van der Waals surface area contributed by atoms with E-state index in [2.05, 4.69) is 20.2 Å². The van der Waals surface area contributed by atoms with E-state index in [1.165, 1.54) is 13.3 Å². The Hall–Kier alpha value is -1.53. The van der Waals surface area contributed by atoms with E-state index in [9.17, 15) is 9.90 Å². The van der Waals surface area contributed by atoms with E-state index >= 15 is 0 Å². The summed E-state index contributed by atoms with van der Waals surface area (Å²) >= 11 is 0. The molecule has 0 spiro atoms. The Morgan fingerprint density at radius 3 is 2.79 bits per heavy atom. The van der Waals surface area contributed by atoms with Crippen LogP contribution in [0.4, 0.5) is 0 Å². The third-order valence-electron chi connectivity index (χ3n) is 3.37. The smallest absolute Gasteiger partial charge is 0.217 e. The van der Waals surface area contributed by atoms with Gasteiger partial charge in [-0.1, -0.05) is 0 Å². The van der Waals surface area contributed by atoms with Crippen LogP contribution in [0.5, 0.6) is 0 Å². The highest BCUT2D eigenvalue weighted by Crippen LogP contribution is 2.14. The molecule has 2 heterocycles. The number of carbonyl (C=O) groups is 1. The van der Waals surface area contributed by atoms with E-state index < -0.39 is 6.10 Å². The molecule has 1 aromatic heterocycles. The third kappa shape index (κ3) is 4.25. The van der Waals surface area contributed by atoms with Crippen molar-refractivity contribution in [3.05, 3.63) is 24.3 Å². The lowest BCUT2D eigenvalue weighted by Crippen LogP contribution is -2.42. The summed E-state index contributed by atoms with van der Waals surface area (Å²) in [5.41, 5.74) is 1.06. The lowest BCUT2D eigenvalue weighted by Gasteiger charge is -2.20. The van der Waals surface area contributed by atoms with Gasteiger partial charge in [0.25, 0.3) is 0 Å². The lowest BCUT2D eigenvalue weighted by molar-refractivity contribution is -0.120. The highest BCUT2D eigenvalue weighted by molar-refractivity contribution is 5.73. The minimum absolute atomic E-state index is 0.0889. The molecule has 0 saturated carbocycles. The molecule has 1 amide bonds. The van der Waals surface area contributed by atoms with Crippen molar-refractivity contribution in [1.29, 1.82) is 0 Å². The Labute approximate surface area is 112 Å². The molecule has 0 aromatic carbocycles. The van der Waals surface area contributed by atoms with Gasteiger partial charge >= 0.3 is 0 Å². The molecule has 0 bridgehead atoms. The molecule has 2 rings (SSSR count). The van der Waals surface area contributed by atoms with Crippen molar-refractivity contribution in [2.45, 2.75) is 38.5 Å². The summed E-state index contributed by atoms with van der Waals surface area (Å²) in [5.74, 6) is -0.0889. The molecule has 104 valence electrons. The summed E-state index contributed by atoms with van der Waals surface area (Å²) in [6.07, 6.45) is 6.08. The Morgan fingerprint density at radius 2 is 2.11 bits per heavy atom. The van der Waals surface area contributed by atoms with Gasteiger partial charge in [0, 0.05) is 44.5 Å². The number of aliphatic hydroxyl groups is 1. The maximum absolute atomic E-state index is 11.1. The number of nitrogens with zero attached hydrogens (tertiary/aromatic N) is 3. The number of rotatable bonds is 3. The summed E-state index contributed by atoms with van der Waals surface area (Å²) in [6, 6.07) is -0.144. The SMILES string of the molecule is CC(=O)N[C@H]1CCN(Cc2cncnc2)CC[C@@H]1O. The molecule has 6 nitrogen and oxygen atoms in total. The Bertz CT molecular complexity index is 412. The van der Waals surface area contributed by atoms with Crippen molar-refractivity contribution in [2.75, 3.05) is 13.1 Å². The molecule has 1 aliphatic heterocycles. The van der Waals surface area contributed by atoms with Crippen molar-refractivity contribution in [2.24, 2.45) is 0 Å². The van der Waals surface area contributed by atoms with Crippen LogP contribution in [0.1, 0.15) is 25.3 Å². The second kappa shape index (κ2) is 6.58. The molecule has 1 fully saturated rings. The molecule has 19 heavy (non-hydrogen) atoms. The zero-order valence-electron chi connectivity index (χ0n) is 11.1. The highest BCUT2D eigenvalue weighted by Gasteiger charge is 2.25. The first-order valence-corrected chi connectivity index (χ1v) is 6.56. The van der Waals surface area contributed by atoms with E-state index in [4.69, 9.17) is 0 Å². The van der Waals surface area contributed by atoms with Gasteiger partial charge in [-0.05, 0) is 12.8 Å². The van der Waals surface area contributed by atoms with E-state index in [0.29, 0.717) is 6.42 Å². The first kappa shape index (κ1) is 13.9. The van der Waals surface area contributed by atoms with Crippen LogP contribution < -0.4 is 5.32 Å². The van der Waals surface area contributed by atoms with Crippen molar-refractivity contribution in [3.63, 3.8) is 0 Å². The maximum Gasteiger partial charge on any atom is 0.217 e. The average Bonchev–Trinajstić information content (AvgIpc) is 2.55. The largest absolute Gasteiger partial charge is 0.391 e. The highest BCUT2D eigenvalue weighted by atomic mass is 16.3. The average molecular weight is 264 g/mol. The number of aliphatic hydroxyl groups excluding tert-OH is 1. The topological polar surface area (TPSA) is 78.4 Å². The summed E-state index contributed by atoms with van der Waals surface area (Å²) in [6.45, 7) is 3.92. The van der Waals surface area contributed by atoms with Crippen LogP contribution in [-0.2, 0) is 11.3 Å². The number of amides is 1. The quantitative estimate of drug-likeness (QED) is 0.799. The Balaban J connectivity index is 1.90. The lowest BCUT2D eigenvalue weighted by atomic mass is 10.1. The van der Waals surface area contributed by atoms with Crippen molar-refractivity contribution < 1.29 is 9.90 Å². The van der Waals surface area contributed by atoms with Gasteiger partial charge in [0.1, 0.15) is 6.33 Å². The van der Waals surface area contributed by atoms with Crippen molar-refractivity contribution in [3.8, 4) is 0 Å². The Kier molecular flexibility index (Phi) is 4.81. The van der Waals surface area contributed by atoms with E-state index in [1.54, 1.807) is 12.4 Å². The summed E-state index contributed by atoms with van der Waals surface area (Å²) < 4.78 is 0. The van der Waals surface area contributed by atoms with Gasteiger partial charge in [0.15, 0.2) is 0 Å². The summed E-state index contributed by atoms with van der Waals surface area (Å²) in [5, 5.41) is 12.8. The van der Waals surface area contributed by atoms with Gasteiger partial charge < -0.3 is 10.4 Å². The summed E-state index contributed by atoms with van der Waals surface area (Å²) in [4.78, 5) is 21.3. The van der Waals surface area contributed by atoms with E-state index in [-0.39, 0.29) is 11.9 Å². The van der Waals surface area contributed by atoms with Crippen molar-refractivity contribution in [1.82, 2.24) is 20.2 Å². The fourth-order valence-electron chi connectivity index (χ4n) is 2.40. The van der Waals surface area contributed by atoms with E-state index in [0.717, 1.165) is 31.6 Å². The minimum atomic E-state index is -0.471. The minimum Gasteiger partial charge on any atom is -0.391 e. The molecule has 1 aliphatic rings. The predicted octanol–water partition coefficient (Wildman–Crippen LogP) is -0.0620. The number of carbonyl (C=O) groups excluding carboxylic acids is 1. The van der Waals surface area contributed by atoms with Crippen LogP contribution in [0, 0.1) is 0 Å². The first-order chi connectivity index (χ1) is 9.15. The number of hydrogen-bond donors (Lipinski definition) is 2. The molecule has 0 radical (unpaired) electrons. The van der Waals surface area contributed by atoms with Crippen LogP contribution in [-0.4, -0.2) is 51.1 Å². The third-order valence-corrected chi connectivity index (χ3v) is 3.37. The number of nitrogens with one attached hydrogen (secondary N) is 1. The second-order valence-electron chi connectivity index (χ2n) is 4.97. The molecule has 1 aromatic rings. The number of hydrogen-bond acceptors (Lipinski definition) is 5. The normalized spacial score (nSPS) is 24.7. The zero-order valence-corrected chi connectivity index (χ0v) is 11.1. The molecule has 0 aliphatic carbocycles. The zero-order chi connectivity index (χ0) is 13.7. The monoisotopic (exact) mass is 264 g/mol. The summed E-state index contributed by atoms with van der Waals surface area (Å²) in [7, 11) is 0. The predicted molar refractivity (Wildman–Crippen MR) is 70.2 cm³/mol. The van der Waals surface area contributed by atoms with Gasteiger partial charge in [-0.15, -0.1) is 0 Å². The second-order valence-corrected chi connectivity index (χ2v) is 4.97. The molecule has 1 saturated heterocycles. The number of aromatic nitrogens is 2. The van der Waals surface area contributed by atoms with Gasteiger partial charge in [-0.25, -0.2) is 9.97 Å². The standard InChI is InChI=1S/C13H20N4O2/c1-10(18)16-12-2-4-17(5-3-13(12)19)8-11-6-14-9-15-7-11/h6-7,9,12-13,19H,2-5,8H2,1H3,(H,16,18)/t12-,13-/m0/s1. The molecular weight excluding hydrogens is 244 g/mol. The van der Waals surface area contributed by atoms with Gasteiger partial charge in [0.05, 0.1) is 12.1 Å². The Morgan fingerprint density at radius 1 is 1.42 bits per heavy atom. The van der Waals surface area contributed by atoms with E-state index in [1.807, 2.05) is 0 Å². The van der Waals surface area contributed by atoms with Crippen LogP contribution >= 0.6 is 0 Å². The number of likely N-dealkylation sites (tertiary alicyclic amines) is 1. The molecular formula is C13H20N4O2. The molecule has 6 heteroatoms. The molecule has 2 N–H and O–H groups in total. The van der Waals surface area contributed by atoms with Gasteiger partial charge in [0.2, 0.25) is 5.91 Å². The maximum atomic E-state index is 11.1. The van der Waals surface area contributed by atoms with Crippen LogP contribution in [0.25, 0.3) is 0 Å². The fraction of sp³-hybridized carbons (Fsp3) is 0.615. The van der Waals surface area contributed by atoms with Crippen LogP contribution in [0.2, 0.25) is 0 Å².